The molecule has 0 amide bonds. The summed E-state index contributed by atoms with van der Waals surface area (Å²) < 4.78 is 0. The molecule has 0 saturated carbocycles. The van der Waals surface area contributed by atoms with Crippen LogP contribution in [0.2, 0.25) is 10.0 Å². The number of rotatable bonds is 1. The van der Waals surface area contributed by atoms with Crippen LogP contribution in [0.25, 0.3) is 10.9 Å². The maximum absolute atomic E-state index is 5.98. The van der Waals surface area contributed by atoms with Crippen molar-refractivity contribution < 1.29 is 0 Å². The van der Waals surface area contributed by atoms with E-state index in [1.165, 1.54) is 0 Å². The first kappa shape index (κ1) is 9.52. The maximum Gasteiger partial charge on any atom is 0.140 e. The minimum absolute atomic E-state index is 0.518. The van der Waals surface area contributed by atoms with Gasteiger partial charge in [0.2, 0.25) is 0 Å². The van der Waals surface area contributed by atoms with Gasteiger partial charge in [0.15, 0.2) is 0 Å². The zero-order chi connectivity index (χ0) is 10.1. The summed E-state index contributed by atoms with van der Waals surface area (Å²) in [5, 5.41) is 2.00. The first-order valence-electron chi connectivity index (χ1n) is 3.93. The Morgan fingerprint density at radius 2 is 2.00 bits per heavy atom. The third kappa shape index (κ3) is 1.62. The van der Waals surface area contributed by atoms with Crippen molar-refractivity contribution in [3.05, 3.63) is 34.3 Å². The zero-order valence-electron chi connectivity index (χ0n) is 7.09. The summed E-state index contributed by atoms with van der Waals surface area (Å²) in [4.78, 5) is 4.21. The van der Waals surface area contributed by atoms with E-state index >= 15 is 0 Å². The fourth-order valence-corrected chi connectivity index (χ4v) is 1.79. The molecule has 2 rings (SSSR count). The number of pyridine rings is 1. The molecule has 1 aromatic carbocycles. The highest BCUT2D eigenvalue weighted by molar-refractivity contribution is 6.38. The second-order valence-corrected chi connectivity index (χ2v) is 3.64. The van der Waals surface area contributed by atoms with Gasteiger partial charge in [0, 0.05) is 10.4 Å². The number of anilines is 1. The third-order valence-electron chi connectivity index (χ3n) is 1.86. The average Bonchev–Trinajstić information content (AvgIpc) is 2.17. The van der Waals surface area contributed by atoms with Gasteiger partial charge < -0.3 is 5.43 Å². The molecule has 0 spiro atoms. The molecular weight excluding hydrogens is 221 g/mol. The number of aromatic nitrogens is 1. The Kier molecular flexibility index (Phi) is 2.46. The molecule has 0 fully saturated rings. The number of nitrogens with zero attached hydrogens (tertiary/aromatic N) is 1. The number of nitrogens with two attached hydrogens (primary N) is 1. The third-order valence-corrected chi connectivity index (χ3v) is 2.36. The largest absolute Gasteiger partial charge is 0.308 e. The van der Waals surface area contributed by atoms with Crippen LogP contribution < -0.4 is 11.3 Å². The van der Waals surface area contributed by atoms with Crippen LogP contribution in [0.1, 0.15) is 0 Å². The van der Waals surface area contributed by atoms with E-state index in [9.17, 15) is 0 Å². The fraction of sp³-hybridized carbons (Fsp3) is 0. The summed E-state index contributed by atoms with van der Waals surface area (Å²) in [6.45, 7) is 0. The van der Waals surface area contributed by atoms with Crippen molar-refractivity contribution in [1.82, 2.24) is 4.98 Å². The molecule has 0 aliphatic heterocycles. The smallest absolute Gasteiger partial charge is 0.140 e. The van der Waals surface area contributed by atoms with Gasteiger partial charge >= 0.3 is 0 Å². The molecule has 3 nitrogen and oxygen atoms in total. The molecule has 5 heteroatoms. The molecule has 1 heterocycles. The lowest BCUT2D eigenvalue weighted by Crippen LogP contribution is -2.08. The number of fused-ring (bicyclic) bond motifs is 1. The first-order valence-corrected chi connectivity index (χ1v) is 4.69. The predicted molar refractivity (Wildman–Crippen MR) is 59.6 cm³/mol. The standard InChI is InChI=1S/C9H7Cl2N3/c10-6-3-5-1-2-8(14-12)13-9(5)7(11)4-6/h1-4H,12H2,(H,13,14). The van der Waals surface area contributed by atoms with E-state index in [0.29, 0.717) is 21.4 Å². The topological polar surface area (TPSA) is 50.9 Å². The van der Waals surface area contributed by atoms with Gasteiger partial charge in [-0.2, -0.15) is 0 Å². The lowest BCUT2D eigenvalue weighted by molar-refractivity contribution is 1.26. The Bertz CT molecular complexity index is 485. The van der Waals surface area contributed by atoms with Crippen LogP contribution in [0.15, 0.2) is 24.3 Å². The van der Waals surface area contributed by atoms with Gasteiger partial charge in [-0.1, -0.05) is 23.2 Å². The molecule has 1 aromatic heterocycles. The van der Waals surface area contributed by atoms with Crippen LogP contribution >= 0.6 is 23.2 Å². The Labute approximate surface area is 90.8 Å². The van der Waals surface area contributed by atoms with E-state index in [1.54, 1.807) is 18.2 Å². The second kappa shape index (κ2) is 3.61. The molecule has 0 atom stereocenters. The van der Waals surface area contributed by atoms with Crippen molar-refractivity contribution in [3.63, 3.8) is 0 Å². The van der Waals surface area contributed by atoms with Gasteiger partial charge in [-0.3, -0.25) is 0 Å². The number of nitrogens with one attached hydrogen (secondary N) is 1. The van der Waals surface area contributed by atoms with Crippen molar-refractivity contribution in [2.24, 2.45) is 5.84 Å². The van der Waals surface area contributed by atoms with E-state index < -0.39 is 0 Å². The van der Waals surface area contributed by atoms with Crippen molar-refractivity contribution in [2.75, 3.05) is 5.43 Å². The quantitative estimate of drug-likeness (QED) is 0.582. The fourth-order valence-electron chi connectivity index (χ4n) is 1.24. The molecule has 0 radical (unpaired) electrons. The van der Waals surface area contributed by atoms with Gasteiger partial charge in [-0.25, -0.2) is 10.8 Å². The van der Waals surface area contributed by atoms with Crippen LogP contribution in [-0.4, -0.2) is 4.98 Å². The zero-order valence-corrected chi connectivity index (χ0v) is 8.60. The van der Waals surface area contributed by atoms with Gasteiger partial charge in [-0.15, -0.1) is 0 Å². The number of hydrazine groups is 1. The molecule has 14 heavy (non-hydrogen) atoms. The highest BCUT2D eigenvalue weighted by atomic mass is 35.5. The number of halogens is 2. The molecule has 0 saturated heterocycles. The minimum atomic E-state index is 0.518. The van der Waals surface area contributed by atoms with Crippen LogP contribution in [0.4, 0.5) is 5.82 Å². The summed E-state index contributed by atoms with van der Waals surface area (Å²) in [5.41, 5.74) is 3.14. The van der Waals surface area contributed by atoms with Gasteiger partial charge in [0.1, 0.15) is 5.82 Å². The summed E-state index contributed by atoms with van der Waals surface area (Å²) in [6, 6.07) is 7.07. The van der Waals surface area contributed by atoms with Crippen molar-refractivity contribution in [2.45, 2.75) is 0 Å². The molecule has 0 aliphatic carbocycles. The van der Waals surface area contributed by atoms with E-state index in [4.69, 9.17) is 29.0 Å². The van der Waals surface area contributed by atoms with E-state index in [0.717, 1.165) is 5.39 Å². The lowest BCUT2D eigenvalue weighted by atomic mass is 10.2. The van der Waals surface area contributed by atoms with Crippen LogP contribution in [-0.2, 0) is 0 Å². The van der Waals surface area contributed by atoms with E-state index in [1.807, 2.05) is 6.07 Å². The Morgan fingerprint density at radius 3 is 2.71 bits per heavy atom. The number of hydrogen-bond donors (Lipinski definition) is 2. The Hall–Kier alpha value is -1.03. The summed E-state index contributed by atoms with van der Waals surface area (Å²) in [7, 11) is 0. The van der Waals surface area contributed by atoms with Crippen LogP contribution in [0, 0.1) is 0 Å². The van der Waals surface area contributed by atoms with E-state index in [2.05, 4.69) is 10.4 Å². The molecule has 72 valence electrons. The molecule has 0 aliphatic rings. The lowest BCUT2D eigenvalue weighted by Gasteiger charge is -2.03. The van der Waals surface area contributed by atoms with Gasteiger partial charge in [0.05, 0.1) is 10.5 Å². The van der Waals surface area contributed by atoms with E-state index in [-0.39, 0.29) is 0 Å². The first-order chi connectivity index (χ1) is 6.70. The summed E-state index contributed by atoms with van der Waals surface area (Å²) in [5.74, 6) is 5.81. The number of benzene rings is 1. The van der Waals surface area contributed by atoms with Crippen molar-refractivity contribution in [3.8, 4) is 0 Å². The summed E-state index contributed by atoms with van der Waals surface area (Å²) >= 11 is 11.8. The second-order valence-electron chi connectivity index (χ2n) is 2.80. The molecule has 3 N–H and O–H groups in total. The minimum Gasteiger partial charge on any atom is -0.308 e. The van der Waals surface area contributed by atoms with Crippen molar-refractivity contribution >= 4 is 39.9 Å². The number of hydrogen-bond acceptors (Lipinski definition) is 3. The van der Waals surface area contributed by atoms with Gasteiger partial charge in [0.25, 0.3) is 0 Å². The molecular formula is C9H7Cl2N3. The monoisotopic (exact) mass is 227 g/mol. The molecule has 0 bridgehead atoms. The average molecular weight is 228 g/mol. The Morgan fingerprint density at radius 1 is 1.21 bits per heavy atom. The van der Waals surface area contributed by atoms with Crippen LogP contribution in [0.5, 0.6) is 0 Å². The highest BCUT2D eigenvalue weighted by Crippen LogP contribution is 2.27. The normalized spacial score (nSPS) is 10.5. The molecule has 0 unspecified atom stereocenters. The van der Waals surface area contributed by atoms with Crippen molar-refractivity contribution in [1.29, 1.82) is 0 Å². The molecule has 2 aromatic rings. The predicted octanol–water partition coefficient (Wildman–Crippen LogP) is 2.83. The Balaban J connectivity index is 2.75. The number of nitrogen functional groups attached to an aromatic ring is 1. The SMILES string of the molecule is NNc1ccc2cc(Cl)cc(Cl)c2n1. The summed E-state index contributed by atoms with van der Waals surface area (Å²) in [6.07, 6.45) is 0. The van der Waals surface area contributed by atoms with Gasteiger partial charge in [-0.05, 0) is 24.3 Å². The maximum atomic E-state index is 5.98. The van der Waals surface area contributed by atoms with Crippen LogP contribution in [0.3, 0.4) is 0 Å². The highest BCUT2D eigenvalue weighted by Gasteiger charge is 2.03.